The molecule has 6 nitrogen and oxygen atoms in total. The van der Waals surface area contributed by atoms with Crippen LogP contribution in [0.4, 0.5) is 5.69 Å². The number of aliphatic carboxylic acids is 1. The molecule has 25 heavy (non-hydrogen) atoms. The molecular formula is C18H19ClN2O4. The van der Waals surface area contributed by atoms with Crippen LogP contribution in [-0.4, -0.2) is 41.9 Å². The van der Waals surface area contributed by atoms with Crippen molar-refractivity contribution >= 4 is 35.1 Å². The first-order valence-electron chi connectivity index (χ1n) is 8.02. The number of carbonyl (C=O) groups is 3. The van der Waals surface area contributed by atoms with Crippen LogP contribution in [0, 0.1) is 23.7 Å². The van der Waals surface area contributed by atoms with E-state index < -0.39 is 17.8 Å². The van der Waals surface area contributed by atoms with Gasteiger partial charge in [-0.3, -0.25) is 14.4 Å². The third-order valence-corrected chi connectivity index (χ3v) is 5.23. The number of allylic oxidation sites excluding steroid dienone is 2. The Morgan fingerprint density at radius 3 is 2.36 bits per heavy atom. The summed E-state index contributed by atoms with van der Waals surface area (Å²) >= 11 is 6.15. The highest BCUT2D eigenvalue weighted by molar-refractivity contribution is 6.34. The number of nitrogens with zero attached hydrogens (tertiary/aromatic N) is 1. The molecule has 0 aliphatic heterocycles. The molecule has 132 valence electrons. The van der Waals surface area contributed by atoms with Crippen LogP contribution in [-0.2, 0) is 9.59 Å². The molecule has 2 N–H and O–H groups in total. The molecule has 0 heterocycles. The number of halogens is 1. The van der Waals surface area contributed by atoms with Crippen molar-refractivity contribution in [1.29, 1.82) is 0 Å². The van der Waals surface area contributed by atoms with Gasteiger partial charge >= 0.3 is 5.97 Å². The average molecular weight is 363 g/mol. The molecule has 4 atom stereocenters. The van der Waals surface area contributed by atoms with Gasteiger partial charge in [-0.05, 0) is 36.5 Å². The van der Waals surface area contributed by atoms with Gasteiger partial charge in [0.25, 0.3) is 5.91 Å². The van der Waals surface area contributed by atoms with E-state index >= 15 is 0 Å². The molecule has 1 fully saturated rings. The predicted octanol–water partition coefficient (Wildman–Crippen LogP) is 2.50. The van der Waals surface area contributed by atoms with Crippen molar-refractivity contribution in [3.8, 4) is 0 Å². The van der Waals surface area contributed by atoms with Crippen LogP contribution in [0.15, 0.2) is 30.4 Å². The molecule has 2 aliphatic carbocycles. The number of amides is 2. The van der Waals surface area contributed by atoms with Crippen LogP contribution < -0.4 is 5.32 Å². The Kier molecular flexibility index (Phi) is 4.56. The number of hydrogen-bond acceptors (Lipinski definition) is 3. The van der Waals surface area contributed by atoms with Crippen LogP contribution in [0.2, 0.25) is 5.02 Å². The van der Waals surface area contributed by atoms with E-state index in [9.17, 15) is 19.5 Å². The molecule has 2 aliphatic rings. The van der Waals surface area contributed by atoms with Crippen molar-refractivity contribution in [1.82, 2.24) is 4.90 Å². The Morgan fingerprint density at radius 1 is 1.16 bits per heavy atom. The molecule has 1 saturated carbocycles. The molecule has 1 aromatic carbocycles. The molecule has 7 heteroatoms. The summed E-state index contributed by atoms with van der Waals surface area (Å²) in [6.07, 6.45) is 4.53. The van der Waals surface area contributed by atoms with Gasteiger partial charge in [0.15, 0.2) is 0 Å². The second-order valence-corrected chi connectivity index (χ2v) is 7.13. The van der Waals surface area contributed by atoms with Crippen LogP contribution in [0.1, 0.15) is 16.8 Å². The highest BCUT2D eigenvalue weighted by Gasteiger charge is 2.51. The number of carboxylic acid groups (broad SMARTS) is 1. The van der Waals surface area contributed by atoms with E-state index in [0.717, 1.165) is 0 Å². The smallest absolute Gasteiger partial charge is 0.307 e. The highest BCUT2D eigenvalue weighted by atomic mass is 35.5. The Morgan fingerprint density at radius 2 is 1.80 bits per heavy atom. The molecule has 0 radical (unpaired) electrons. The maximum atomic E-state index is 12.6. The molecular weight excluding hydrogens is 344 g/mol. The first-order valence-corrected chi connectivity index (χ1v) is 8.40. The lowest BCUT2D eigenvalue weighted by molar-refractivity contribution is -0.146. The second-order valence-electron chi connectivity index (χ2n) is 6.72. The van der Waals surface area contributed by atoms with Gasteiger partial charge < -0.3 is 15.3 Å². The van der Waals surface area contributed by atoms with Gasteiger partial charge in [0.1, 0.15) is 0 Å². The third kappa shape index (κ3) is 3.14. The minimum atomic E-state index is -0.943. The second kappa shape index (κ2) is 6.52. The Balaban J connectivity index is 1.77. The van der Waals surface area contributed by atoms with E-state index in [1.807, 2.05) is 12.2 Å². The standard InChI is InChI=1S/C18H19ClN2O4/c1-21(2)17(23)12-6-5-11(8-13(12)19)20-16(22)14-9-3-4-10(7-9)15(14)18(24)25/h3-6,8-10,14-15H,7H2,1-2H3,(H,20,22)(H,24,25). The van der Waals surface area contributed by atoms with Crippen molar-refractivity contribution < 1.29 is 19.5 Å². The topological polar surface area (TPSA) is 86.7 Å². The normalized spacial score (nSPS) is 26.5. The van der Waals surface area contributed by atoms with Gasteiger partial charge in [0, 0.05) is 19.8 Å². The van der Waals surface area contributed by atoms with Gasteiger partial charge in [-0.25, -0.2) is 0 Å². The predicted molar refractivity (Wildman–Crippen MR) is 93.5 cm³/mol. The number of carbonyl (C=O) groups excluding carboxylic acids is 2. The molecule has 0 spiro atoms. The summed E-state index contributed by atoms with van der Waals surface area (Å²) in [6.45, 7) is 0. The molecule has 0 aromatic heterocycles. The van der Waals surface area contributed by atoms with E-state index in [-0.39, 0.29) is 28.7 Å². The number of benzene rings is 1. The number of hydrogen-bond donors (Lipinski definition) is 2. The summed E-state index contributed by atoms with van der Waals surface area (Å²) in [7, 11) is 3.26. The van der Waals surface area contributed by atoms with Crippen molar-refractivity contribution in [2.24, 2.45) is 23.7 Å². The summed E-state index contributed by atoms with van der Waals surface area (Å²) in [4.78, 5) is 37.6. The summed E-state index contributed by atoms with van der Waals surface area (Å²) in [5.41, 5.74) is 0.789. The lowest BCUT2D eigenvalue weighted by Crippen LogP contribution is -2.36. The largest absolute Gasteiger partial charge is 0.481 e. The van der Waals surface area contributed by atoms with Crippen LogP contribution in [0.25, 0.3) is 0 Å². The quantitative estimate of drug-likeness (QED) is 0.806. The van der Waals surface area contributed by atoms with Crippen molar-refractivity contribution in [2.75, 3.05) is 19.4 Å². The fourth-order valence-electron chi connectivity index (χ4n) is 3.75. The zero-order valence-corrected chi connectivity index (χ0v) is 14.7. The molecule has 2 amide bonds. The van der Waals surface area contributed by atoms with Crippen molar-refractivity contribution in [3.63, 3.8) is 0 Å². The van der Waals surface area contributed by atoms with Crippen molar-refractivity contribution in [3.05, 3.63) is 40.9 Å². The number of anilines is 1. The van der Waals surface area contributed by atoms with E-state index in [2.05, 4.69) is 5.32 Å². The van der Waals surface area contributed by atoms with E-state index in [1.54, 1.807) is 26.2 Å². The van der Waals surface area contributed by atoms with Crippen LogP contribution in [0.5, 0.6) is 0 Å². The Bertz CT molecular complexity index is 774. The summed E-state index contributed by atoms with van der Waals surface area (Å²) in [5, 5.41) is 12.4. The first kappa shape index (κ1) is 17.5. The van der Waals surface area contributed by atoms with Gasteiger partial charge in [-0.15, -0.1) is 0 Å². The van der Waals surface area contributed by atoms with Crippen molar-refractivity contribution in [2.45, 2.75) is 6.42 Å². The summed E-state index contributed by atoms with van der Waals surface area (Å²) < 4.78 is 0. The fraction of sp³-hybridized carbons (Fsp3) is 0.389. The maximum absolute atomic E-state index is 12.6. The van der Waals surface area contributed by atoms with Gasteiger partial charge in [-0.2, -0.15) is 0 Å². The summed E-state index contributed by atoms with van der Waals surface area (Å²) in [5.74, 6) is -2.91. The number of carboxylic acids is 1. The van der Waals surface area contributed by atoms with E-state index in [1.165, 1.54) is 11.0 Å². The Hall–Kier alpha value is -2.34. The molecule has 2 bridgehead atoms. The molecule has 0 saturated heterocycles. The average Bonchev–Trinajstić information content (AvgIpc) is 3.15. The zero-order valence-electron chi connectivity index (χ0n) is 13.9. The van der Waals surface area contributed by atoms with Gasteiger partial charge in [0.2, 0.25) is 5.91 Å². The number of nitrogens with one attached hydrogen (secondary N) is 1. The zero-order chi connectivity index (χ0) is 18.3. The minimum absolute atomic E-state index is 0.0452. The molecule has 3 rings (SSSR count). The molecule has 1 aromatic rings. The minimum Gasteiger partial charge on any atom is -0.481 e. The highest BCUT2D eigenvalue weighted by Crippen LogP contribution is 2.48. The third-order valence-electron chi connectivity index (χ3n) is 4.92. The van der Waals surface area contributed by atoms with Crippen LogP contribution in [0.3, 0.4) is 0 Å². The van der Waals surface area contributed by atoms with Crippen LogP contribution >= 0.6 is 11.6 Å². The summed E-state index contributed by atoms with van der Waals surface area (Å²) in [6, 6.07) is 4.66. The maximum Gasteiger partial charge on any atom is 0.307 e. The van der Waals surface area contributed by atoms with E-state index in [0.29, 0.717) is 17.7 Å². The number of rotatable bonds is 4. The van der Waals surface area contributed by atoms with Gasteiger partial charge in [0.05, 0.1) is 22.4 Å². The number of fused-ring (bicyclic) bond motifs is 2. The first-order chi connectivity index (χ1) is 11.8. The monoisotopic (exact) mass is 362 g/mol. The fourth-order valence-corrected chi connectivity index (χ4v) is 4.01. The SMILES string of the molecule is CN(C)C(=O)c1ccc(NC(=O)C2C3C=CC(C3)C2C(=O)O)cc1Cl. The lowest BCUT2D eigenvalue weighted by atomic mass is 9.82. The van der Waals surface area contributed by atoms with Gasteiger partial charge in [-0.1, -0.05) is 23.8 Å². The Labute approximate surface area is 150 Å². The van der Waals surface area contributed by atoms with E-state index in [4.69, 9.17) is 11.6 Å². The lowest BCUT2D eigenvalue weighted by Gasteiger charge is -2.24. The molecule has 4 unspecified atom stereocenters.